The van der Waals surface area contributed by atoms with E-state index in [2.05, 4.69) is 20.2 Å². The molecule has 5 nitrogen and oxygen atoms in total. The van der Waals surface area contributed by atoms with Crippen LogP contribution in [-0.4, -0.2) is 35.0 Å². The van der Waals surface area contributed by atoms with E-state index in [4.69, 9.17) is 11.6 Å². The van der Waals surface area contributed by atoms with Gasteiger partial charge < -0.3 is 10.2 Å². The van der Waals surface area contributed by atoms with Crippen LogP contribution < -0.4 is 10.2 Å². The molecule has 3 rings (SSSR count). The number of piperidine rings is 1. The number of aromatic nitrogens is 2. The second kappa shape index (κ2) is 8.81. The number of aryl methyl sites for hydroxylation is 1. The summed E-state index contributed by atoms with van der Waals surface area (Å²) in [6, 6.07) is 9.88. The lowest BCUT2D eigenvalue weighted by molar-refractivity contribution is -0.122. The van der Waals surface area contributed by atoms with Gasteiger partial charge in [-0.15, -0.1) is 0 Å². The van der Waals surface area contributed by atoms with Gasteiger partial charge in [0.05, 0.1) is 0 Å². The van der Waals surface area contributed by atoms with Crippen LogP contribution in [0.5, 0.6) is 0 Å². The molecule has 0 aliphatic carbocycles. The highest BCUT2D eigenvalue weighted by Crippen LogP contribution is 2.16. The Balaban J connectivity index is 1.35. The lowest BCUT2D eigenvalue weighted by Crippen LogP contribution is -2.45. The second-order valence-corrected chi connectivity index (χ2v) is 6.79. The van der Waals surface area contributed by atoms with Crippen molar-refractivity contribution in [3.05, 3.63) is 53.3 Å². The zero-order valence-corrected chi connectivity index (χ0v) is 15.0. The molecule has 1 saturated heterocycles. The van der Waals surface area contributed by atoms with Crippen LogP contribution in [0.15, 0.2) is 42.7 Å². The fraction of sp³-hybridized carbons (Fsp3) is 0.421. The number of rotatable bonds is 6. The Morgan fingerprint density at radius 2 is 1.84 bits per heavy atom. The number of nitrogens with zero attached hydrogens (tertiary/aromatic N) is 3. The van der Waals surface area contributed by atoms with Gasteiger partial charge in [0, 0.05) is 43.0 Å². The fourth-order valence-corrected chi connectivity index (χ4v) is 3.21. The highest BCUT2D eigenvalue weighted by Gasteiger charge is 2.21. The van der Waals surface area contributed by atoms with E-state index in [1.807, 2.05) is 30.3 Å². The number of halogens is 1. The number of carbonyl (C=O) groups excluding carboxylic acids is 1. The first kappa shape index (κ1) is 17.7. The molecule has 1 aromatic carbocycles. The van der Waals surface area contributed by atoms with E-state index in [0.717, 1.165) is 49.7 Å². The Morgan fingerprint density at radius 1 is 1.16 bits per heavy atom. The highest BCUT2D eigenvalue weighted by molar-refractivity contribution is 6.30. The third kappa shape index (κ3) is 5.43. The standard InChI is InChI=1S/C19H23ClN4O/c20-16-7-5-15(6-8-16)3-1-4-18(25)23-17-9-13-24(14-10-17)19-21-11-2-12-22-19/h2,5-8,11-12,17H,1,3-4,9-10,13-14H2,(H,23,25). The van der Waals surface area contributed by atoms with Crippen LogP contribution >= 0.6 is 11.6 Å². The van der Waals surface area contributed by atoms with E-state index in [1.54, 1.807) is 12.4 Å². The summed E-state index contributed by atoms with van der Waals surface area (Å²) in [7, 11) is 0. The van der Waals surface area contributed by atoms with Crippen molar-refractivity contribution in [1.29, 1.82) is 0 Å². The molecule has 0 unspecified atom stereocenters. The molecule has 2 aromatic rings. The van der Waals surface area contributed by atoms with Crippen molar-refractivity contribution in [2.24, 2.45) is 0 Å². The van der Waals surface area contributed by atoms with Gasteiger partial charge in [-0.25, -0.2) is 9.97 Å². The van der Waals surface area contributed by atoms with E-state index >= 15 is 0 Å². The van der Waals surface area contributed by atoms with Gasteiger partial charge in [0.15, 0.2) is 0 Å². The maximum Gasteiger partial charge on any atom is 0.225 e. The Bertz CT molecular complexity index is 670. The third-order valence-corrected chi connectivity index (χ3v) is 4.73. The normalized spacial score (nSPS) is 15.2. The number of nitrogens with one attached hydrogen (secondary N) is 1. The number of amides is 1. The monoisotopic (exact) mass is 358 g/mol. The van der Waals surface area contributed by atoms with Crippen molar-refractivity contribution in [1.82, 2.24) is 15.3 Å². The largest absolute Gasteiger partial charge is 0.353 e. The molecule has 25 heavy (non-hydrogen) atoms. The van der Waals surface area contributed by atoms with Crippen LogP contribution in [0.1, 0.15) is 31.2 Å². The third-order valence-electron chi connectivity index (χ3n) is 4.48. The topological polar surface area (TPSA) is 58.1 Å². The quantitative estimate of drug-likeness (QED) is 0.861. The Kier molecular flexibility index (Phi) is 6.23. The molecule has 1 fully saturated rings. The van der Waals surface area contributed by atoms with E-state index < -0.39 is 0 Å². The highest BCUT2D eigenvalue weighted by atomic mass is 35.5. The van der Waals surface area contributed by atoms with Crippen molar-refractivity contribution in [3.8, 4) is 0 Å². The van der Waals surface area contributed by atoms with Gasteiger partial charge in [0.2, 0.25) is 11.9 Å². The molecule has 2 heterocycles. The summed E-state index contributed by atoms with van der Waals surface area (Å²) < 4.78 is 0. The summed E-state index contributed by atoms with van der Waals surface area (Å²) in [6.07, 6.45) is 7.69. The van der Waals surface area contributed by atoms with Crippen molar-refractivity contribution >= 4 is 23.5 Å². The number of benzene rings is 1. The fourth-order valence-electron chi connectivity index (χ4n) is 3.08. The zero-order chi connectivity index (χ0) is 17.5. The molecule has 1 amide bonds. The van der Waals surface area contributed by atoms with Gasteiger partial charge in [-0.1, -0.05) is 23.7 Å². The first-order chi connectivity index (χ1) is 12.2. The molecule has 0 atom stereocenters. The molecular weight excluding hydrogens is 336 g/mol. The molecule has 0 spiro atoms. The smallest absolute Gasteiger partial charge is 0.225 e. The Hall–Kier alpha value is -2.14. The minimum absolute atomic E-state index is 0.142. The van der Waals surface area contributed by atoms with Crippen molar-refractivity contribution in [2.45, 2.75) is 38.1 Å². The Morgan fingerprint density at radius 3 is 2.52 bits per heavy atom. The SMILES string of the molecule is O=C(CCCc1ccc(Cl)cc1)NC1CCN(c2ncccn2)CC1. The maximum atomic E-state index is 12.1. The summed E-state index contributed by atoms with van der Waals surface area (Å²) in [5.41, 5.74) is 1.22. The lowest BCUT2D eigenvalue weighted by atomic mass is 10.0. The second-order valence-electron chi connectivity index (χ2n) is 6.36. The lowest BCUT2D eigenvalue weighted by Gasteiger charge is -2.32. The molecular formula is C19H23ClN4O. The average molecular weight is 359 g/mol. The summed E-state index contributed by atoms with van der Waals surface area (Å²) in [5, 5.41) is 3.90. The predicted octanol–water partition coefficient (Wildman–Crippen LogP) is 3.24. The Labute approximate surface area is 153 Å². The van der Waals surface area contributed by atoms with Gasteiger partial charge in [-0.3, -0.25) is 4.79 Å². The van der Waals surface area contributed by atoms with Crippen LogP contribution in [0.25, 0.3) is 0 Å². The van der Waals surface area contributed by atoms with Gasteiger partial charge in [0.25, 0.3) is 0 Å². The summed E-state index contributed by atoms with van der Waals surface area (Å²) in [4.78, 5) is 22.9. The summed E-state index contributed by atoms with van der Waals surface area (Å²) in [5.74, 6) is 0.915. The summed E-state index contributed by atoms with van der Waals surface area (Å²) in [6.45, 7) is 1.75. The van der Waals surface area contributed by atoms with Crippen LogP contribution in [0.2, 0.25) is 5.02 Å². The number of anilines is 1. The molecule has 1 aliphatic rings. The average Bonchev–Trinajstić information content (AvgIpc) is 2.65. The minimum Gasteiger partial charge on any atom is -0.353 e. The van der Waals surface area contributed by atoms with Crippen molar-refractivity contribution < 1.29 is 4.79 Å². The van der Waals surface area contributed by atoms with E-state index in [0.29, 0.717) is 6.42 Å². The van der Waals surface area contributed by atoms with E-state index in [9.17, 15) is 4.79 Å². The summed E-state index contributed by atoms with van der Waals surface area (Å²) >= 11 is 5.88. The predicted molar refractivity (Wildman–Crippen MR) is 99.8 cm³/mol. The molecule has 6 heteroatoms. The minimum atomic E-state index is 0.142. The molecule has 1 aromatic heterocycles. The van der Waals surface area contributed by atoms with Crippen LogP contribution in [0, 0.1) is 0 Å². The van der Waals surface area contributed by atoms with Crippen LogP contribution in [-0.2, 0) is 11.2 Å². The first-order valence-electron chi connectivity index (χ1n) is 8.76. The molecule has 1 N–H and O–H groups in total. The molecule has 0 radical (unpaired) electrons. The zero-order valence-electron chi connectivity index (χ0n) is 14.2. The van der Waals surface area contributed by atoms with E-state index in [-0.39, 0.29) is 11.9 Å². The number of carbonyl (C=O) groups is 1. The molecule has 0 bridgehead atoms. The molecule has 1 aliphatic heterocycles. The van der Waals surface area contributed by atoms with Crippen LogP contribution in [0.3, 0.4) is 0 Å². The van der Waals surface area contributed by atoms with Gasteiger partial charge in [0.1, 0.15) is 0 Å². The van der Waals surface area contributed by atoms with Gasteiger partial charge >= 0.3 is 0 Å². The molecule has 132 valence electrons. The number of hydrogen-bond donors (Lipinski definition) is 1. The van der Waals surface area contributed by atoms with E-state index in [1.165, 1.54) is 5.56 Å². The van der Waals surface area contributed by atoms with Crippen LogP contribution in [0.4, 0.5) is 5.95 Å². The van der Waals surface area contributed by atoms with Gasteiger partial charge in [-0.2, -0.15) is 0 Å². The van der Waals surface area contributed by atoms with Crippen molar-refractivity contribution in [3.63, 3.8) is 0 Å². The van der Waals surface area contributed by atoms with Gasteiger partial charge in [-0.05, 0) is 49.4 Å². The first-order valence-corrected chi connectivity index (χ1v) is 9.14. The number of hydrogen-bond acceptors (Lipinski definition) is 4. The maximum absolute atomic E-state index is 12.1. The molecule has 0 saturated carbocycles. The van der Waals surface area contributed by atoms with Crippen molar-refractivity contribution in [2.75, 3.05) is 18.0 Å².